The minimum Gasteiger partial charge on any atom is -0.366 e. The zero-order valence-corrected chi connectivity index (χ0v) is 13.1. The second-order valence-electron chi connectivity index (χ2n) is 4.98. The molecular formula is C17H21N5O. The Balaban J connectivity index is 1.77. The van der Waals surface area contributed by atoms with Gasteiger partial charge in [-0.2, -0.15) is 0 Å². The summed E-state index contributed by atoms with van der Waals surface area (Å²) in [4.78, 5) is 19.5. The van der Waals surface area contributed by atoms with Gasteiger partial charge in [-0.1, -0.05) is 18.2 Å². The highest BCUT2D eigenvalue weighted by atomic mass is 16.1. The third-order valence-electron chi connectivity index (χ3n) is 3.32. The number of pyridine rings is 1. The van der Waals surface area contributed by atoms with Crippen molar-refractivity contribution < 1.29 is 4.79 Å². The average Bonchev–Trinajstić information content (AvgIpc) is 2.59. The maximum Gasteiger partial charge on any atom is 0.248 e. The van der Waals surface area contributed by atoms with Gasteiger partial charge < -0.3 is 16.4 Å². The van der Waals surface area contributed by atoms with Crippen molar-refractivity contribution in [2.24, 2.45) is 10.7 Å². The van der Waals surface area contributed by atoms with Crippen LogP contribution in [-0.2, 0) is 13.0 Å². The molecule has 6 nitrogen and oxygen atoms in total. The first-order chi connectivity index (χ1) is 11.2. The molecule has 0 bridgehead atoms. The summed E-state index contributed by atoms with van der Waals surface area (Å²) in [5, 5.41) is 6.47. The molecule has 0 aliphatic heterocycles. The quantitative estimate of drug-likeness (QED) is 0.550. The first-order valence-corrected chi connectivity index (χ1v) is 7.42. The Bertz CT molecular complexity index is 652. The number of carbonyl (C=O) groups is 1. The highest BCUT2D eigenvalue weighted by Gasteiger charge is 2.01. The number of nitrogens with two attached hydrogens (primary N) is 1. The molecule has 6 heteroatoms. The van der Waals surface area contributed by atoms with Crippen LogP contribution < -0.4 is 16.4 Å². The lowest BCUT2D eigenvalue weighted by Crippen LogP contribution is -2.37. The second-order valence-corrected chi connectivity index (χ2v) is 4.98. The number of aliphatic imine (C=N–C) groups is 1. The summed E-state index contributed by atoms with van der Waals surface area (Å²) in [7, 11) is 1.73. The fourth-order valence-corrected chi connectivity index (χ4v) is 2.05. The predicted molar refractivity (Wildman–Crippen MR) is 91.1 cm³/mol. The molecule has 1 aromatic carbocycles. The van der Waals surface area contributed by atoms with Crippen molar-refractivity contribution in [2.45, 2.75) is 13.0 Å². The number of nitrogens with one attached hydrogen (secondary N) is 2. The molecular weight excluding hydrogens is 290 g/mol. The highest BCUT2D eigenvalue weighted by Crippen LogP contribution is 2.03. The predicted octanol–water partition coefficient (Wildman–Crippen LogP) is 1.09. The Morgan fingerprint density at radius 3 is 2.57 bits per heavy atom. The monoisotopic (exact) mass is 311 g/mol. The van der Waals surface area contributed by atoms with E-state index in [4.69, 9.17) is 5.73 Å². The molecule has 1 amide bonds. The number of carbonyl (C=O) groups excluding carboxylic acids is 1. The van der Waals surface area contributed by atoms with Crippen LogP contribution in [0.2, 0.25) is 0 Å². The van der Waals surface area contributed by atoms with Gasteiger partial charge in [0.05, 0.1) is 0 Å². The molecule has 0 atom stereocenters. The molecule has 0 spiro atoms. The van der Waals surface area contributed by atoms with Gasteiger partial charge in [0.1, 0.15) is 0 Å². The number of hydrogen-bond donors (Lipinski definition) is 3. The highest BCUT2D eigenvalue weighted by molar-refractivity contribution is 5.92. The summed E-state index contributed by atoms with van der Waals surface area (Å²) in [6, 6.07) is 13.1. The van der Waals surface area contributed by atoms with E-state index in [9.17, 15) is 4.79 Å². The Morgan fingerprint density at radius 2 is 1.96 bits per heavy atom. The fourth-order valence-electron chi connectivity index (χ4n) is 2.05. The van der Waals surface area contributed by atoms with E-state index in [1.54, 1.807) is 25.4 Å². The van der Waals surface area contributed by atoms with E-state index in [-0.39, 0.29) is 0 Å². The number of primary amides is 1. The Kier molecular flexibility index (Phi) is 6.11. The molecule has 0 aliphatic carbocycles. The van der Waals surface area contributed by atoms with Gasteiger partial charge in [-0.3, -0.25) is 14.8 Å². The van der Waals surface area contributed by atoms with E-state index >= 15 is 0 Å². The van der Waals surface area contributed by atoms with Crippen LogP contribution in [0, 0.1) is 0 Å². The third-order valence-corrected chi connectivity index (χ3v) is 3.32. The fraction of sp³-hybridized carbons (Fsp3) is 0.235. The molecule has 1 aromatic heterocycles. The Morgan fingerprint density at radius 1 is 1.17 bits per heavy atom. The van der Waals surface area contributed by atoms with Crippen molar-refractivity contribution in [2.75, 3.05) is 13.6 Å². The molecule has 4 N–H and O–H groups in total. The van der Waals surface area contributed by atoms with E-state index in [0.29, 0.717) is 12.1 Å². The summed E-state index contributed by atoms with van der Waals surface area (Å²) >= 11 is 0. The van der Waals surface area contributed by atoms with E-state index in [1.807, 2.05) is 30.3 Å². The summed E-state index contributed by atoms with van der Waals surface area (Å²) in [5.74, 6) is 0.302. The van der Waals surface area contributed by atoms with Gasteiger partial charge in [0, 0.05) is 44.0 Å². The number of rotatable bonds is 6. The van der Waals surface area contributed by atoms with Crippen molar-refractivity contribution in [3.63, 3.8) is 0 Å². The molecule has 2 aromatic rings. The number of guanidine groups is 1. The Hall–Kier alpha value is -2.89. The zero-order valence-electron chi connectivity index (χ0n) is 13.1. The normalized spacial score (nSPS) is 11.1. The lowest BCUT2D eigenvalue weighted by atomic mass is 10.1. The number of amides is 1. The molecule has 120 valence electrons. The SMILES string of the molecule is CN=C(NCCc1ccccn1)NCc1ccc(C(N)=O)cc1. The van der Waals surface area contributed by atoms with E-state index in [1.165, 1.54) is 0 Å². The van der Waals surface area contributed by atoms with Crippen molar-refractivity contribution in [1.29, 1.82) is 0 Å². The van der Waals surface area contributed by atoms with Gasteiger partial charge in [-0.25, -0.2) is 0 Å². The van der Waals surface area contributed by atoms with Gasteiger partial charge in [-0.05, 0) is 29.8 Å². The molecule has 23 heavy (non-hydrogen) atoms. The van der Waals surface area contributed by atoms with Crippen LogP contribution in [0.25, 0.3) is 0 Å². The number of benzene rings is 1. The molecule has 0 fully saturated rings. The molecule has 2 rings (SSSR count). The summed E-state index contributed by atoms with van der Waals surface area (Å²) in [6.45, 7) is 1.36. The van der Waals surface area contributed by atoms with Gasteiger partial charge >= 0.3 is 0 Å². The minimum atomic E-state index is -0.420. The summed E-state index contributed by atoms with van der Waals surface area (Å²) < 4.78 is 0. The maximum atomic E-state index is 11.0. The number of hydrogen-bond acceptors (Lipinski definition) is 3. The van der Waals surface area contributed by atoms with Crippen LogP contribution in [0.5, 0.6) is 0 Å². The van der Waals surface area contributed by atoms with Crippen LogP contribution >= 0.6 is 0 Å². The van der Waals surface area contributed by atoms with Crippen molar-refractivity contribution in [3.05, 3.63) is 65.5 Å². The van der Waals surface area contributed by atoms with Crippen LogP contribution in [0.4, 0.5) is 0 Å². The third kappa shape index (κ3) is 5.43. The lowest BCUT2D eigenvalue weighted by Gasteiger charge is -2.12. The van der Waals surface area contributed by atoms with Gasteiger partial charge in [0.15, 0.2) is 5.96 Å². The number of nitrogens with zero attached hydrogens (tertiary/aromatic N) is 2. The minimum absolute atomic E-state index is 0.420. The standard InChI is InChI=1S/C17H21N5O/c1-19-17(21-11-9-15-4-2-3-10-20-15)22-12-13-5-7-14(8-6-13)16(18)23/h2-8,10H,9,11-12H2,1H3,(H2,18,23)(H2,19,21,22). The average molecular weight is 311 g/mol. The van der Waals surface area contributed by atoms with E-state index in [2.05, 4.69) is 20.6 Å². The molecule has 0 radical (unpaired) electrons. The summed E-state index contributed by atoms with van der Waals surface area (Å²) in [6.07, 6.45) is 2.62. The molecule has 1 heterocycles. The van der Waals surface area contributed by atoms with Crippen molar-refractivity contribution >= 4 is 11.9 Å². The van der Waals surface area contributed by atoms with Crippen LogP contribution in [0.1, 0.15) is 21.6 Å². The van der Waals surface area contributed by atoms with Crippen LogP contribution in [-0.4, -0.2) is 30.4 Å². The first-order valence-electron chi connectivity index (χ1n) is 7.42. The van der Waals surface area contributed by atoms with Crippen molar-refractivity contribution in [3.8, 4) is 0 Å². The second kappa shape index (κ2) is 8.53. The number of aromatic nitrogens is 1. The topological polar surface area (TPSA) is 92.4 Å². The molecule has 0 saturated heterocycles. The van der Waals surface area contributed by atoms with Crippen molar-refractivity contribution in [1.82, 2.24) is 15.6 Å². The van der Waals surface area contributed by atoms with E-state index < -0.39 is 5.91 Å². The molecule has 0 unspecified atom stereocenters. The van der Waals surface area contributed by atoms with E-state index in [0.717, 1.165) is 30.2 Å². The molecule has 0 aliphatic rings. The first kappa shape index (κ1) is 16.5. The summed E-state index contributed by atoms with van der Waals surface area (Å²) in [5.41, 5.74) is 7.81. The lowest BCUT2D eigenvalue weighted by molar-refractivity contribution is 0.100. The maximum absolute atomic E-state index is 11.0. The van der Waals surface area contributed by atoms with Gasteiger partial charge in [0.25, 0.3) is 0 Å². The van der Waals surface area contributed by atoms with Gasteiger partial charge in [0.2, 0.25) is 5.91 Å². The van der Waals surface area contributed by atoms with Crippen LogP contribution in [0.3, 0.4) is 0 Å². The zero-order chi connectivity index (χ0) is 16.5. The largest absolute Gasteiger partial charge is 0.366 e. The van der Waals surface area contributed by atoms with Gasteiger partial charge in [-0.15, -0.1) is 0 Å². The van der Waals surface area contributed by atoms with Crippen LogP contribution in [0.15, 0.2) is 53.7 Å². The Labute approximate surface area is 135 Å². The molecule has 0 saturated carbocycles. The smallest absolute Gasteiger partial charge is 0.248 e.